The quantitative estimate of drug-likeness (QED) is 0.768. The molecule has 2 aliphatic rings. The summed E-state index contributed by atoms with van der Waals surface area (Å²) in [4.78, 5) is 28.9. The molecule has 1 aromatic rings. The second-order valence-electron chi connectivity index (χ2n) is 7.76. The van der Waals surface area contributed by atoms with Crippen LogP contribution in [0.25, 0.3) is 0 Å². The zero-order chi connectivity index (χ0) is 19.3. The molecule has 0 bridgehead atoms. The standard InChI is InChI=1S/C22H32N2O3/c1-3-23(4-2)20(25)12-11-19-13-15-22(27-19)14-8-16-24(17-22)21(26)18-9-6-5-7-10-18/h5-7,9-10,19H,3-4,8,11-17H2,1-2H3/t19-,22-/m0/s1. The first-order valence-electron chi connectivity index (χ1n) is 10.4. The minimum atomic E-state index is -0.217. The lowest BCUT2D eigenvalue weighted by molar-refractivity contribution is -0.132. The van der Waals surface area contributed by atoms with Gasteiger partial charge in [-0.05, 0) is 58.1 Å². The van der Waals surface area contributed by atoms with Gasteiger partial charge in [0.2, 0.25) is 5.91 Å². The van der Waals surface area contributed by atoms with E-state index in [1.807, 2.05) is 54.0 Å². The largest absolute Gasteiger partial charge is 0.370 e. The van der Waals surface area contributed by atoms with E-state index in [0.717, 1.165) is 57.3 Å². The van der Waals surface area contributed by atoms with Gasteiger partial charge in [-0.15, -0.1) is 0 Å². The molecule has 27 heavy (non-hydrogen) atoms. The van der Waals surface area contributed by atoms with Crippen LogP contribution in [-0.2, 0) is 9.53 Å². The number of carbonyl (C=O) groups excluding carboxylic acids is 2. The highest BCUT2D eigenvalue weighted by molar-refractivity contribution is 5.94. The van der Waals surface area contributed by atoms with Gasteiger partial charge in [-0.3, -0.25) is 9.59 Å². The Labute approximate surface area is 162 Å². The highest BCUT2D eigenvalue weighted by atomic mass is 16.5. The number of hydrogen-bond acceptors (Lipinski definition) is 3. The molecule has 5 heteroatoms. The summed E-state index contributed by atoms with van der Waals surface area (Å²) in [5, 5.41) is 0. The van der Waals surface area contributed by atoms with Gasteiger partial charge in [0.05, 0.1) is 11.7 Å². The van der Waals surface area contributed by atoms with Crippen LogP contribution in [0, 0.1) is 0 Å². The van der Waals surface area contributed by atoms with Crippen molar-refractivity contribution in [2.24, 2.45) is 0 Å². The summed E-state index contributed by atoms with van der Waals surface area (Å²) in [6.45, 7) is 7.03. The predicted octanol–water partition coefficient (Wildman–Crippen LogP) is 3.49. The summed E-state index contributed by atoms with van der Waals surface area (Å²) in [6, 6.07) is 9.49. The first kappa shape index (κ1) is 19.9. The van der Waals surface area contributed by atoms with E-state index >= 15 is 0 Å². The third kappa shape index (κ3) is 4.70. The number of amides is 2. The van der Waals surface area contributed by atoms with E-state index in [2.05, 4.69) is 0 Å². The molecule has 0 aromatic heterocycles. The molecular weight excluding hydrogens is 340 g/mol. The fourth-order valence-corrected chi connectivity index (χ4v) is 4.45. The fraction of sp³-hybridized carbons (Fsp3) is 0.636. The molecule has 0 N–H and O–H groups in total. The molecule has 0 radical (unpaired) electrons. The minimum Gasteiger partial charge on any atom is -0.370 e. The second kappa shape index (κ2) is 8.87. The lowest BCUT2D eigenvalue weighted by Gasteiger charge is -2.40. The number of piperidine rings is 1. The molecule has 1 aromatic carbocycles. The topological polar surface area (TPSA) is 49.9 Å². The molecule has 2 saturated heterocycles. The van der Waals surface area contributed by atoms with E-state index in [1.54, 1.807) is 0 Å². The Morgan fingerprint density at radius 1 is 1.19 bits per heavy atom. The van der Waals surface area contributed by atoms with Crippen LogP contribution in [0.5, 0.6) is 0 Å². The van der Waals surface area contributed by atoms with Crippen LogP contribution in [-0.4, -0.2) is 59.5 Å². The monoisotopic (exact) mass is 372 g/mol. The summed E-state index contributed by atoms with van der Waals surface area (Å²) in [7, 11) is 0. The van der Waals surface area contributed by atoms with Gasteiger partial charge in [-0.1, -0.05) is 18.2 Å². The van der Waals surface area contributed by atoms with Gasteiger partial charge < -0.3 is 14.5 Å². The van der Waals surface area contributed by atoms with E-state index in [9.17, 15) is 9.59 Å². The third-order valence-electron chi connectivity index (χ3n) is 5.98. The average molecular weight is 373 g/mol. The second-order valence-corrected chi connectivity index (χ2v) is 7.76. The first-order valence-corrected chi connectivity index (χ1v) is 10.4. The molecule has 2 fully saturated rings. The normalized spacial score (nSPS) is 25.0. The summed E-state index contributed by atoms with van der Waals surface area (Å²) in [6.07, 6.45) is 5.42. The van der Waals surface area contributed by atoms with E-state index in [4.69, 9.17) is 4.74 Å². The molecule has 1 spiro atoms. The maximum absolute atomic E-state index is 12.8. The van der Waals surface area contributed by atoms with Crippen LogP contribution in [0.4, 0.5) is 0 Å². The number of rotatable bonds is 6. The summed E-state index contributed by atoms with van der Waals surface area (Å²) in [5.74, 6) is 0.313. The van der Waals surface area contributed by atoms with Crippen LogP contribution < -0.4 is 0 Å². The van der Waals surface area contributed by atoms with Gasteiger partial charge in [0.1, 0.15) is 0 Å². The summed E-state index contributed by atoms with van der Waals surface area (Å²) >= 11 is 0. The van der Waals surface area contributed by atoms with Crippen molar-refractivity contribution in [2.75, 3.05) is 26.2 Å². The van der Waals surface area contributed by atoms with Gasteiger partial charge >= 0.3 is 0 Å². The molecule has 0 saturated carbocycles. The van der Waals surface area contributed by atoms with E-state index in [1.165, 1.54) is 0 Å². The molecule has 2 heterocycles. The van der Waals surface area contributed by atoms with Gasteiger partial charge in [0, 0.05) is 38.2 Å². The molecule has 3 rings (SSSR count). The van der Waals surface area contributed by atoms with E-state index in [-0.39, 0.29) is 23.5 Å². The Bertz CT molecular complexity index is 644. The molecule has 2 amide bonds. The molecule has 148 valence electrons. The maximum Gasteiger partial charge on any atom is 0.253 e. The third-order valence-corrected chi connectivity index (χ3v) is 5.98. The van der Waals surface area contributed by atoms with Crippen LogP contribution in [0.2, 0.25) is 0 Å². The molecule has 0 unspecified atom stereocenters. The number of carbonyl (C=O) groups is 2. The van der Waals surface area contributed by atoms with Crippen molar-refractivity contribution in [3.63, 3.8) is 0 Å². The minimum absolute atomic E-state index is 0.0958. The molecule has 5 nitrogen and oxygen atoms in total. The SMILES string of the molecule is CCN(CC)C(=O)CC[C@H]1CC[C@]2(CCCN(C(=O)c3ccccc3)C2)O1. The number of hydrogen-bond donors (Lipinski definition) is 0. The number of benzene rings is 1. The Hall–Kier alpha value is -1.88. The summed E-state index contributed by atoms with van der Waals surface area (Å²) in [5.41, 5.74) is 0.528. The zero-order valence-electron chi connectivity index (χ0n) is 16.7. The van der Waals surface area contributed by atoms with Crippen molar-refractivity contribution < 1.29 is 14.3 Å². The lowest BCUT2D eigenvalue weighted by atomic mass is 9.89. The Morgan fingerprint density at radius 2 is 1.93 bits per heavy atom. The molecular formula is C22H32N2O3. The van der Waals surface area contributed by atoms with E-state index < -0.39 is 0 Å². The smallest absolute Gasteiger partial charge is 0.253 e. The molecule has 0 aliphatic carbocycles. The molecule has 2 aliphatic heterocycles. The number of nitrogens with zero attached hydrogens (tertiary/aromatic N) is 2. The van der Waals surface area contributed by atoms with E-state index in [0.29, 0.717) is 13.0 Å². The average Bonchev–Trinajstić information content (AvgIpc) is 3.09. The van der Waals surface area contributed by atoms with Crippen molar-refractivity contribution in [1.29, 1.82) is 0 Å². The maximum atomic E-state index is 12.8. The van der Waals surface area contributed by atoms with Gasteiger partial charge in [0.15, 0.2) is 0 Å². The van der Waals surface area contributed by atoms with Gasteiger partial charge in [0.25, 0.3) is 5.91 Å². The Balaban J connectivity index is 1.55. The van der Waals surface area contributed by atoms with Crippen LogP contribution in [0.15, 0.2) is 30.3 Å². The number of ether oxygens (including phenoxy) is 1. The van der Waals surface area contributed by atoms with Crippen LogP contribution in [0.3, 0.4) is 0 Å². The van der Waals surface area contributed by atoms with Crippen molar-refractivity contribution in [3.8, 4) is 0 Å². The highest BCUT2D eigenvalue weighted by Crippen LogP contribution is 2.39. The predicted molar refractivity (Wildman–Crippen MR) is 106 cm³/mol. The van der Waals surface area contributed by atoms with Crippen LogP contribution >= 0.6 is 0 Å². The zero-order valence-corrected chi connectivity index (χ0v) is 16.7. The lowest BCUT2D eigenvalue weighted by Crippen LogP contribution is -2.50. The Morgan fingerprint density at radius 3 is 2.63 bits per heavy atom. The Kier molecular flexibility index (Phi) is 6.53. The van der Waals surface area contributed by atoms with Crippen molar-refractivity contribution in [2.45, 2.75) is 64.1 Å². The van der Waals surface area contributed by atoms with Crippen LogP contribution in [0.1, 0.15) is 62.7 Å². The molecule has 2 atom stereocenters. The van der Waals surface area contributed by atoms with Gasteiger partial charge in [-0.25, -0.2) is 0 Å². The van der Waals surface area contributed by atoms with Gasteiger partial charge in [-0.2, -0.15) is 0 Å². The van der Waals surface area contributed by atoms with Crippen molar-refractivity contribution in [3.05, 3.63) is 35.9 Å². The van der Waals surface area contributed by atoms with Crippen molar-refractivity contribution in [1.82, 2.24) is 9.80 Å². The highest BCUT2D eigenvalue weighted by Gasteiger charge is 2.44. The summed E-state index contributed by atoms with van der Waals surface area (Å²) < 4.78 is 6.44. The van der Waals surface area contributed by atoms with Crippen molar-refractivity contribution >= 4 is 11.8 Å². The fourth-order valence-electron chi connectivity index (χ4n) is 4.45. The first-order chi connectivity index (χ1) is 13.1. The number of likely N-dealkylation sites (tertiary alicyclic amines) is 1.